The summed E-state index contributed by atoms with van der Waals surface area (Å²) in [5.41, 5.74) is -0.172. The molecule has 0 spiro atoms. The second-order valence-electron chi connectivity index (χ2n) is 9.79. The van der Waals surface area contributed by atoms with E-state index in [1.807, 2.05) is 0 Å². The maximum atomic E-state index is 13.7. The van der Waals surface area contributed by atoms with Gasteiger partial charge >= 0.3 is 11.9 Å². The molecule has 1 aliphatic heterocycles. The number of fused-ring (bicyclic) bond motifs is 6. The zero-order valence-electron chi connectivity index (χ0n) is 21.1. The summed E-state index contributed by atoms with van der Waals surface area (Å²) in [7, 11) is 1.25. The van der Waals surface area contributed by atoms with Gasteiger partial charge in [-0.1, -0.05) is 18.2 Å². The van der Waals surface area contributed by atoms with E-state index in [1.54, 1.807) is 13.0 Å². The van der Waals surface area contributed by atoms with Crippen LogP contribution in [0.4, 0.5) is 0 Å². The van der Waals surface area contributed by atoms with Gasteiger partial charge in [0.05, 0.1) is 23.8 Å². The molecule has 0 aromatic heterocycles. The smallest absolute Gasteiger partial charge is 0.342 e. The number of carbonyl (C=O) groups is 4. The third kappa shape index (κ3) is 3.27. The van der Waals surface area contributed by atoms with E-state index in [4.69, 9.17) is 14.2 Å². The lowest BCUT2D eigenvalue weighted by Gasteiger charge is -2.34. The molecule has 3 aromatic carbocycles. The summed E-state index contributed by atoms with van der Waals surface area (Å²) < 4.78 is 16.5. The van der Waals surface area contributed by atoms with Gasteiger partial charge in [-0.05, 0) is 24.1 Å². The van der Waals surface area contributed by atoms with Crippen molar-refractivity contribution in [2.75, 3.05) is 7.11 Å². The van der Waals surface area contributed by atoms with E-state index in [0.29, 0.717) is 17.5 Å². The third-order valence-electron chi connectivity index (χ3n) is 7.41. The molecular formula is C29H22O10. The Balaban J connectivity index is 1.74. The predicted octanol–water partition coefficient (Wildman–Crippen LogP) is 3.52. The van der Waals surface area contributed by atoms with Gasteiger partial charge in [0.15, 0.2) is 5.78 Å². The Hall–Kier alpha value is -4.86. The highest BCUT2D eigenvalue weighted by Crippen LogP contribution is 2.57. The average Bonchev–Trinajstić information content (AvgIpc) is 2.86. The van der Waals surface area contributed by atoms with E-state index in [9.17, 15) is 34.5 Å². The molecule has 1 heterocycles. The van der Waals surface area contributed by atoms with Crippen LogP contribution in [-0.4, -0.2) is 52.0 Å². The Bertz CT molecular complexity index is 1680. The van der Waals surface area contributed by atoms with Crippen LogP contribution in [-0.2, 0) is 27.1 Å². The van der Waals surface area contributed by atoms with Crippen molar-refractivity contribution in [1.29, 1.82) is 0 Å². The first-order valence-corrected chi connectivity index (χ1v) is 12.2. The lowest BCUT2D eigenvalue weighted by atomic mass is 9.74. The highest BCUT2D eigenvalue weighted by Gasteiger charge is 2.45. The molecule has 2 aliphatic carbocycles. The molecule has 0 fully saturated rings. The first-order valence-electron chi connectivity index (χ1n) is 12.2. The molecule has 3 aromatic rings. The molecular weight excluding hydrogens is 508 g/mol. The molecule has 0 amide bonds. The average molecular weight is 530 g/mol. The summed E-state index contributed by atoms with van der Waals surface area (Å²) in [4.78, 5) is 52.2. The highest BCUT2D eigenvalue weighted by atomic mass is 16.5. The summed E-state index contributed by atoms with van der Waals surface area (Å²) in [6.45, 7) is 2.92. The van der Waals surface area contributed by atoms with Gasteiger partial charge in [0.1, 0.15) is 40.8 Å². The van der Waals surface area contributed by atoms with Gasteiger partial charge in [0, 0.05) is 42.0 Å². The lowest BCUT2D eigenvalue weighted by molar-refractivity contribution is -0.146. The number of ether oxygens (including phenoxy) is 3. The fourth-order valence-corrected chi connectivity index (χ4v) is 5.98. The molecule has 0 saturated carbocycles. The first kappa shape index (κ1) is 24.5. The Morgan fingerprint density at radius 2 is 1.59 bits per heavy atom. The van der Waals surface area contributed by atoms with Crippen molar-refractivity contribution in [3.8, 4) is 34.1 Å². The summed E-state index contributed by atoms with van der Waals surface area (Å²) in [5.74, 6) is -4.62. The van der Waals surface area contributed by atoms with Gasteiger partial charge in [0.25, 0.3) is 0 Å². The number of phenolic OH excluding ortho intramolecular Hbond substituents is 3. The number of rotatable bonds is 2. The molecule has 0 unspecified atom stereocenters. The Kier molecular flexibility index (Phi) is 5.22. The molecule has 39 heavy (non-hydrogen) atoms. The van der Waals surface area contributed by atoms with Crippen LogP contribution in [0.2, 0.25) is 0 Å². The van der Waals surface area contributed by atoms with Crippen molar-refractivity contribution in [1.82, 2.24) is 0 Å². The SMILES string of the molecule is COc1c2c(c(O)c3c1[C@@H](OC(C)=O)Cc1cc4c(c(O)c1-3)C(=O)O[C@@H](C)C4)C(=O)c1cccc(O)c1C2=O. The first-order chi connectivity index (χ1) is 18.5. The van der Waals surface area contributed by atoms with Crippen molar-refractivity contribution in [2.24, 2.45) is 0 Å². The number of carbonyl (C=O) groups excluding carboxylic acids is 4. The zero-order chi connectivity index (χ0) is 27.9. The van der Waals surface area contributed by atoms with Crippen LogP contribution < -0.4 is 4.74 Å². The van der Waals surface area contributed by atoms with Crippen molar-refractivity contribution in [2.45, 2.75) is 38.9 Å². The number of methoxy groups -OCH3 is 1. The number of phenols is 3. The minimum absolute atomic E-state index is 0.0186. The van der Waals surface area contributed by atoms with E-state index in [0.717, 1.165) is 0 Å². The summed E-state index contributed by atoms with van der Waals surface area (Å²) in [6, 6.07) is 5.70. The van der Waals surface area contributed by atoms with Crippen LogP contribution >= 0.6 is 0 Å². The van der Waals surface area contributed by atoms with Crippen LogP contribution in [0.15, 0.2) is 24.3 Å². The van der Waals surface area contributed by atoms with Gasteiger partial charge in [0.2, 0.25) is 5.78 Å². The zero-order valence-corrected chi connectivity index (χ0v) is 21.1. The number of esters is 2. The van der Waals surface area contributed by atoms with Crippen LogP contribution in [0.5, 0.6) is 23.0 Å². The van der Waals surface area contributed by atoms with Crippen molar-refractivity contribution >= 4 is 23.5 Å². The molecule has 0 saturated heterocycles. The maximum absolute atomic E-state index is 13.7. The van der Waals surface area contributed by atoms with E-state index in [-0.39, 0.29) is 51.1 Å². The van der Waals surface area contributed by atoms with Gasteiger partial charge in [-0.2, -0.15) is 0 Å². The standard InChI is InChI=1S/C29H22O10/c1-10-7-12-8-13-9-16(39-11(2)30)20-21(17(13)25(33)18(12)29(36)38-10)27(35)22-23(28(20)37-3)26(34)19-14(24(22)32)5-4-6-15(19)31/h4-6,8,10,16,31,33,35H,7,9H2,1-3H3/t10-,16-/m0/s1. The number of hydrogen-bond acceptors (Lipinski definition) is 10. The van der Waals surface area contributed by atoms with Crippen molar-refractivity contribution in [3.63, 3.8) is 0 Å². The summed E-state index contributed by atoms with van der Waals surface area (Å²) >= 11 is 0. The summed E-state index contributed by atoms with van der Waals surface area (Å²) in [6.07, 6.45) is -1.15. The molecule has 0 bridgehead atoms. The second-order valence-corrected chi connectivity index (χ2v) is 9.79. The maximum Gasteiger partial charge on any atom is 0.342 e. The van der Waals surface area contributed by atoms with Gasteiger partial charge < -0.3 is 29.5 Å². The van der Waals surface area contributed by atoms with Gasteiger partial charge in [-0.3, -0.25) is 14.4 Å². The monoisotopic (exact) mass is 530 g/mol. The number of benzene rings is 3. The third-order valence-corrected chi connectivity index (χ3v) is 7.41. The van der Waals surface area contributed by atoms with E-state index < -0.39 is 58.5 Å². The quantitative estimate of drug-likeness (QED) is 0.328. The fourth-order valence-electron chi connectivity index (χ4n) is 5.98. The predicted molar refractivity (Wildman–Crippen MR) is 134 cm³/mol. The van der Waals surface area contributed by atoms with E-state index >= 15 is 0 Å². The topological polar surface area (TPSA) is 157 Å². The number of aromatic hydroxyl groups is 3. The Morgan fingerprint density at radius 3 is 2.28 bits per heavy atom. The lowest BCUT2D eigenvalue weighted by Crippen LogP contribution is -2.28. The highest BCUT2D eigenvalue weighted by molar-refractivity contribution is 6.32. The van der Waals surface area contributed by atoms with Crippen molar-refractivity contribution in [3.05, 3.63) is 68.8 Å². The van der Waals surface area contributed by atoms with Crippen LogP contribution in [0.1, 0.15) is 78.8 Å². The summed E-state index contributed by atoms with van der Waals surface area (Å²) in [5, 5.41) is 33.5. The molecule has 10 nitrogen and oxygen atoms in total. The molecule has 10 heteroatoms. The van der Waals surface area contributed by atoms with Gasteiger partial charge in [-0.15, -0.1) is 0 Å². The van der Waals surface area contributed by atoms with Crippen LogP contribution in [0, 0.1) is 0 Å². The van der Waals surface area contributed by atoms with Gasteiger partial charge in [-0.25, -0.2) is 4.79 Å². The minimum atomic E-state index is -1.07. The van der Waals surface area contributed by atoms with Crippen LogP contribution in [0.3, 0.4) is 0 Å². The Labute approximate surface area is 221 Å². The van der Waals surface area contributed by atoms with E-state index in [1.165, 1.54) is 32.2 Å². The minimum Gasteiger partial charge on any atom is -0.507 e. The number of cyclic esters (lactones) is 1. The molecule has 0 radical (unpaired) electrons. The second kappa shape index (κ2) is 8.32. The molecule has 3 N–H and O–H groups in total. The Morgan fingerprint density at radius 1 is 0.897 bits per heavy atom. The normalized spacial score (nSPS) is 18.7. The molecule has 3 aliphatic rings. The van der Waals surface area contributed by atoms with E-state index in [2.05, 4.69) is 0 Å². The number of ketones is 2. The largest absolute Gasteiger partial charge is 0.507 e. The van der Waals surface area contributed by atoms with Crippen molar-refractivity contribution < 1.29 is 48.7 Å². The molecule has 6 rings (SSSR count). The molecule has 198 valence electrons. The molecule has 2 atom stereocenters. The van der Waals surface area contributed by atoms with Crippen LogP contribution in [0.25, 0.3) is 11.1 Å². The number of hydrogen-bond donors (Lipinski definition) is 3. The fraction of sp³-hybridized carbons (Fsp3) is 0.241.